The fraction of sp³-hybridized carbons (Fsp3) is 0.450. The number of aliphatic hydroxyl groups is 1. The number of carbonyl (C=O) groups is 3. The highest BCUT2D eigenvalue weighted by molar-refractivity contribution is 6.17. The van der Waals surface area contributed by atoms with Gasteiger partial charge in [-0.3, -0.25) is 19.3 Å². The number of hydrogen-bond donors (Lipinski definition) is 3. The van der Waals surface area contributed by atoms with E-state index in [1.807, 2.05) is 6.92 Å². The molecule has 7 nitrogen and oxygen atoms in total. The van der Waals surface area contributed by atoms with Gasteiger partial charge in [-0.1, -0.05) is 25.3 Å². The molecule has 27 heavy (non-hydrogen) atoms. The molecule has 1 saturated carbocycles. The highest BCUT2D eigenvalue weighted by Gasteiger charge is 2.31. The van der Waals surface area contributed by atoms with E-state index in [4.69, 9.17) is 5.11 Å². The lowest BCUT2D eigenvalue weighted by atomic mass is 9.95. The van der Waals surface area contributed by atoms with Crippen molar-refractivity contribution < 1.29 is 19.5 Å². The van der Waals surface area contributed by atoms with E-state index in [1.54, 1.807) is 18.2 Å². The van der Waals surface area contributed by atoms with Gasteiger partial charge in [0.15, 0.2) is 0 Å². The Morgan fingerprint density at radius 2 is 1.96 bits per heavy atom. The molecule has 144 valence electrons. The third kappa shape index (κ3) is 4.19. The van der Waals surface area contributed by atoms with Crippen molar-refractivity contribution in [2.45, 2.75) is 45.1 Å². The largest absolute Gasteiger partial charge is 0.395 e. The van der Waals surface area contributed by atoms with E-state index < -0.39 is 11.8 Å². The molecule has 2 aliphatic rings. The van der Waals surface area contributed by atoms with Crippen LogP contribution in [0.25, 0.3) is 0 Å². The van der Waals surface area contributed by atoms with E-state index in [2.05, 4.69) is 10.6 Å². The van der Waals surface area contributed by atoms with Crippen LogP contribution in [0.5, 0.6) is 0 Å². The standard InChI is InChI=1S/C20H25N3O4/c1-13-15(19(26)21-14-6-3-2-4-7-14)8-5-9-16(13)22-17-12-18(25)23(10-11-24)20(17)27/h5,8-9,12,14,22,24H,2-4,6-7,10-11H2,1H3,(H,21,26). The Morgan fingerprint density at radius 3 is 2.67 bits per heavy atom. The predicted molar refractivity (Wildman–Crippen MR) is 101 cm³/mol. The molecule has 3 N–H and O–H groups in total. The first-order valence-electron chi connectivity index (χ1n) is 9.37. The molecule has 0 atom stereocenters. The first kappa shape index (κ1) is 19.1. The van der Waals surface area contributed by atoms with Gasteiger partial charge >= 0.3 is 0 Å². The van der Waals surface area contributed by atoms with Crippen LogP contribution in [-0.4, -0.2) is 46.9 Å². The molecule has 0 saturated heterocycles. The summed E-state index contributed by atoms with van der Waals surface area (Å²) < 4.78 is 0. The van der Waals surface area contributed by atoms with Crippen LogP contribution < -0.4 is 10.6 Å². The van der Waals surface area contributed by atoms with Gasteiger partial charge in [-0.2, -0.15) is 0 Å². The van der Waals surface area contributed by atoms with Crippen molar-refractivity contribution in [3.63, 3.8) is 0 Å². The van der Waals surface area contributed by atoms with Crippen molar-refractivity contribution in [2.75, 3.05) is 18.5 Å². The van der Waals surface area contributed by atoms with E-state index >= 15 is 0 Å². The monoisotopic (exact) mass is 371 g/mol. The fourth-order valence-electron chi connectivity index (χ4n) is 3.58. The summed E-state index contributed by atoms with van der Waals surface area (Å²) in [5, 5.41) is 15.0. The minimum atomic E-state index is -0.481. The van der Waals surface area contributed by atoms with Crippen LogP contribution in [0.2, 0.25) is 0 Å². The number of benzene rings is 1. The van der Waals surface area contributed by atoms with E-state index in [1.165, 1.54) is 12.5 Å². The van der Waals surface area contributed by atoms with Crippen molar-refractivity contribution in [1.29, 1.82) is 0 Å². The Bertz CT molecular complexity index is 781. The minimum Gasteiger partial charge on any atom is -0.395 e. The van der Waals surface area contributed by atoms with Gasteiger partial charge in [0.2, 0.25) is 0 Å². The molecule has 1 fully saturated rings. The highest BCUT2D eigenvalue weighted by atomic mass is 16.3. The maximum atomic E-state index is 12.7. The number of β-amino-alcohol motifs (C(OH)–C–C–N with tert-alkyl or cyclic N) is 1. The van der Waals surface area contributed by atoms with E-state index in [0.717, 1.165) is 30.6 Å². The third-order valence-electron chi connectivity index (χ3n) is 5.12. The van der Waals surface area contributed by atoms with E-state index in [0.29, 0.717) is 16.8 Å². The van der Waals surface area contributed by atoms with Crippen LogP contribution in [0.1, 0.15) is 48.0 Å². The number of imide groups is 1. The molecule has 1 heterocycles. The normalized spacial score (nSPS) is 17.9. The Balaban J connectivity index is 1.73. The lowest BCUT2D eigenvalue weighted by molar-refractivity contribution is -0.137. The number of nitrogens with one attached hydrogen (secondary N) is 2. The van der Waals surface area contributed by atoms with Gasteiger partial charge in [0, 0.05) is 23.4 Å². The van der Waals surface area contributed by atoms with Crippen molar-refractivity contribution in [3.8, 4) is 0 Å². The van der Waals surface area contributed by atoms with Crippen molar-refractivity contribution in [1.82, 2.24) is 10.2 Å². The quantitative estimate of drug-likeness (QED) is 0.661. The summed E-state index contributed by atoms with van der Waals surface area (Å²) in [5.74, 6) is -1.06. The number of carbonyl (C=O) groups excluding carboxylic acids is 3. The second-order valence-corrected chi connectivity index (χ2v) is 6.99. The Labute approximate surface area is 158 Å². The lowest BCUT2D eigenvalue weighted by Gasteiger charge is -2.23. The first-order chi connectivity index (χ1) is 13.0. The van der Waals surface area contributed by atoms with Crippen molar-refractivity contribution in [3.05, 3.63) is 41.1 Å². The van der Waals surface area contributed by atoms with Crippen LogP contribution >= 0.6 is 0 Å². The molecule has 0 unspecified atom stereocenters. The highest BCUT2D eigenvalue weighted by Crippen LogP contribution is 2.24. The van der Waals surface area contributed by atoms with Gasteiger partial charge in [0.25, 0.3) is 17.7 Å². The first-order valence-corrected chi connectivity index (χ1v) is 9.37. The molecular formula is C20H25N3O4. The number of aliphatic hydroxyl groups excluding tert-OH is 1. The molecule has 0 aromatic heterocycles. The summed E-state index contributed by atoms with van der Waals surface area (Å²) in [6, 6.07) is 5.48. The molecule has 0 radical (unpaired) electrons. The maximum absolute atomic E-state index is 12.7. The van der Waals surface area contributed by atoms with Crippen LogP contribution in [0.4, 0.5) is 5.69 Å². The van der Waals surface area contributed by atoms with E-state index in [-0.39, 0.29) is 30.8 Å². The van der Waals surface area contributed by atoms with Gasteiger partial charge in [0.05, 0.1) is 13.2 Å². The zero-order valence-electron chi connectivity index (χ0n) is 15.5. The van der Waals surface area contributed by atoms with E-state index in [9.17, 15) is 14.4 Å². The van der Waals surface area contributed by atoms with Crippen molar-refractivity contribution in [2.24, 2.45) is 0 Å². The van der Waals surface area contributed by atoms with Gasteiger partial charge in [-0.05, 0) is 37.5 Å². The van der Waals surface area contributed by atoms with Gasteiger partial charge in [-0.25, -0.2) is 0 Å². The number of amides is 3. The average molecular weight is 371 g/mol. The molecule has 1 aromatic rings. The zero-order valence-corrected chi connectivity index (χ0v) is 15.5. The molecule has 7 heteroatoms. The Kier molecular flexibility index (Phi) is 5.91. The zero-order chi connectivity index (χ0) is 19.4. The maximum Gasteiger partial charge on any atom is 0.277 e. The molecule has 1 aromatic carbocycles. The Hall–Kier alpha value is -2.67. The number of rotatable bonds is 6. The third-order valence-corrected chi connectivity index (χ3v) is 5.12. The smallest absolute Gasteiger partial charge is 0.277 e. The topological polar surface area (TPSA) is 98.7 Å². The van der Waals surface area contributed by atoms with Crippen LogP contribution in [-0.2, 0) is 9.59 Å². The summed E-state index contributed by atoms with van der Waals surface area (Å²) in [6.45, 7) is 1.49. The molecule has 0 spiro atoms. The van der Waals surface area contributed by atoms with Gasteiger partial charge in [0.1, 0.15) is 5.70 Å². The molecule has 0 bridgehead atoms. The fourth-order valence-corrected chi connectivity index (χ4v) is 3.58. The van der Waals surface area contributed by atoms with Gasteiger partial charge < -0.3 is 15.7 Å². The SMILES string of the molecule is Cc1c(NC2=CC(=O)N(CCO)C2=O)cccc1C(=O)NC1CCCCC1. The molecule has 3 rings (SSSR count). The molecule has 1 aliphatic heterocycles. The number of nitrogens with zero attached hydrogens (tertiary/aromatic N) is 1. The van der Waals surface area contributed by atoms with Crippen LogP contribution in [0.15, 0.2) is 30.0 Å². The Morgan fingerprint density at radius 1 is 1.22 bits per heavy atom. The summed E-state index contributed by atoms with van der Waals surface area (Å²) in [7, 11) is 0. The second-order valence-electron chi connectivity index (χ2n) is 6.99. The summed E-state index contributed by atoms with van der Waals surface area (Å²) in [6.07, 6.45) is 6.73. The van der Waals surface area contributed by atoms with Crippen LogP contribution in [0, 0.1) is 6.92 Å². The molecule has 3 amide bonds. The summed E-state index contributed by atoms with van der Waals surface area (Å²) in [5.41, 5.74) is 2.01. The number of hydrogen-bond acceptors (Lipinski definition) is 5. The molecular weight excluding hydrogens is 346 g/mol. The summed E-state index contributed by atoms with van der Waals surface area (Å²) >= 11 is 0. The molecule has 1 aliphatic carbocycles. The minimum absolute atomic E-state index is 0.0395. The second kappa shape index (κ2) is 8.35. The average Bonchev–Trinajstić information content (AvgIpc) is 2.92. The van der Waals surface area contributed by atoms with Crippen molar-refractivity contribution >= 4 is 23.4 Å². The predicted octanol–water partition coefficient (Wildman–Crippen LogP) is 1.71. The summed E-state index contributed by atoms with van der Waals surface area (Å²) in [4.78, 5) is 37.8. The lowest BCUT2D eigenvalue weighted by Crippen LogP contribution is -2.36. The number of anilines is 1. The van der Waals surface area contributed by atoms with Gasteiger partial charge in [-0.15, -0.1) is 0 Å². The van der Waals surface area contributed by atoms with Crippen LogP contribution in [0.3, 0.4) is 0 Å².